The number of aromatic nitrogens is 2. The highest BCUT2D eigenvalue weighted by atomic mass is 16.2. The first-order chi connectivity index (χ1) is 13.2. The Morgan fingerprint density at radius 2 is 1.81 bits per heavy atom. The zero-order valence-electron chi connectivity index (χ0n) is 15.3. The van der Waals surface area contributed by atoms with Crippen molar-refractivity contribution in [2.75, 3.05) is 6.54 Å². The molecule has 2 heterocycles. The lowest BCUT2D eigenvalue weighted by Crippen LogP contribution is -2.26. The minimum absolute atomic E-state index is 0.208. The van der Waals surface area contributed by atoms with Crippen LogP contribution >= 0.6 is 0 Å². The van der Waals surface area contributed by atoms with E-state index >= 15 is 0 Å². The van der Waals surface area contributed by atoms with Crippen LogP contribution in [-0.2, 0) is 6.54 Å². The molecule has 0 bridgehead atoms. The fraction of sp³-hybridized carbons (Fsp3) is 0.333. The van der Waals surface area contributed by atoms with Crippen molar-refractivity contribution < 1.29 is 9.59 Å². The van der Waals surface area contributed by atoms with Crippen molar-refractivity contribution in [1.82, 2.24) is 20.6 Å². The third-order valence-corrected chi connectivity index (χ3v) is 4.56. The fourth-order valence-corrected chi connectivity index (χ4v) is 3.05. The third kappa shape index (κ3) is 5.74. The molecular formula is C21H24N4O2. The number of carbonyl (C=O) groups excluding carboxylic acids is 2. The molecule has 3 rings (SSSR count). The second-order valence-electron chi connectivity index (χ2n) is 6.62. The number of carbonyl (C=O) groups is 2. The molecule has 0 unspecified atom stereocenters. The smallest absolute Gasteiger partial charge is 0.253 e. The van der Waals surface area contributed by atoms with E-state index in [0.29, 0.717) is 24.2 Å². The molecule has 0 fully saturated rings. The molecule has 2 aromatic heterocycles. The maximum Gasteiger partial charge on any atom is 0.253 e. The average Bonchev–Trinajstić information content (AvgIpc) is 2.73. The Balaban J connectivity index is 1.51. The van der Waals surface area contributed by atoms with Gasteiger partial charge in [-0.2, -0.15) is 0 Å². The first kappa shape index (κ1) is 18.8. The second kappa shape index (κ2) is 9.62. The SMILES string of the molecule is O=C(NCCC1=CCCCC1)c1cncc(C(=O)NCc2cccnc2)c1. The van der Waals surface area contributed by atoms with Crippen molar-refractivity contribution in [2.45, 2.75) is 38.6 Å². The van der Waals surface area contributed by atoms with Gasteiger partial charge in [0, 0.05) is 37.9 Å². The minimum atomic E-state index is -0.270. The summed E-state index contributed by atoms with van der Waals surface area (Å²) < 4.78 is 0. The van der Waals surface area contributed by atoms with Crippen LogP contribution < -0.4 is 10.6 Å². The van der Waals surface area contributed by atoms with Crippen molar-refractivity contribution in [3.05, 3.63) is 71.3 Å². The normalized spacial score (nSPS) is 13.6. The number of hydrogen-bond donors (Lipinski definition) is 2. The maximum atomic E-state index is 12.3. The van der Waals surface area contributed by atoms with E-state index in [2.05, 4.69) is 26.7 Å². The molecule has 2 amide bonds. The van der Waals surface area contributed by atoms with Crippen LogP contribution in [0.15, 0.2) is 54.6 Å². The lowest BCUT2D eigenvalue weighted by atomic mass is 9.97. The summed E-state index contributed by atoms with van der Waals surface area (Å²) in [5.41, 5.74) is 3.08. The van der Waals surface area contributed by atoms with Gasteiger partial charge in [0.1, 0.15) is 0 Å². The van der Waals surface area contributed by atoms with Gasteiger partial charge in [0.25, 0.3) is 11.8 Å². The van der Waals surface area contributed by atoms with Gasteiger partial charge in [0.05, 0.1) is 11.1 Å². The summed E-state index contributed by atoms with van der Waals surface area (Å²) in [6.07, 6.45) is 14.3. The Bertz CT molecular complexity index is 818. The number of hydrogen-bond acceptors (Lipinski definition) is 4. The Labute approximate surface area is 159 Å². The highest BCUT2D eigenvalue weighted by Crippen LogP contribution is 2.19. The van der Waals surface area contributed by atoms with Crippen LogP contribution in [-0.4, -0.2) is 28.3 Å². The molecule has 0 spiro atoms. The summed E-state index contributed by atoms with van der Waals surface area (Å²) in [5.74, 6) is -0.478. The van der Waals surface area contributed by atoms with Gasteiger partial charge in [-0.15, -0.1) is 0 Å². The molecule has 1 aliphatic rings. The maximum absolute atomic E-state index is 12.3. The van der Waals surface area contributed by atoms with E-state index in [0.717, 1.165) is 24.8 Å². The Kier molecular flexibility index (Phi) is 6.68. The van der Waals surface area contributed by atoms with Gasteiger partial charge in [-0.25, -0.2) is 0 Å². The molecule has 27 heavy (non-hydrogen) atoms. The average molecular weight is 364 g/mol. The van der Waals surface area contributed by atoms with Crippen LogP contribution in [0.4, 0.5) is 0 Å². The van der Waals surface area contributed by atoms with Gasteiger partial charge in [0.15, 0.2) is 0 Å². The molecule has 2 aromatic rings. The molecule has 1 aliphatic carbocycles. The van der Waals surface area contributed by atoms with Crippen molar-refractivity contribution in [3.8, 4) is 0 Å². The number of rotatable bonds is 7. The highest BCUT2D eigenvalue weighted by Gasteiger charge is 2.12. The van der Waals surface area contributed by atoms with Crippen LogP contribution in [0.25, 0.3) is 0 Å². The van der Waals surface area contributed by atoms with Gasteiger partial charge >= 0.3 is 0 Å². The van der Waals surface area contributed by atoms with E-state index < -0.39 is 0 Å². The van der Waals surface area contributed by atoms with Crippen molar-refractivity contribution in [1.29, 1.82) is 0 Å². The van der Waals surface area contributed by atoms with Crippen LogP contribution in [0, 0.1) is 0 Å². The molecule has 0 saturated carbocycles. The van der Waals surface area contributed by atoms with Crippen LogP contribution in [0.1, 0.15) is 58.4 Å². The summed E-state index contributed by atoms with van der Waals surface area (Å²) in [5, 5.41) is 5.72. The molecule has 0 aliphatic heterocycles. The lowest BCUT2D eigenvalue weighted by molar-refractivity contribution is 0.0950. The predicted octanol–water partition coefficient (Wildman–Crippen LogP) is 3.03. The van der Waals surface area contributed by atoms with Gasteiger partial charge in [0.2, 0.25) is 0 Å². The predicted molar refractivity (Wildman–Crippen MR) is 103 cm³/mol. The Hall–Kier alpha value is -3.02. The molecular weight excluding hydrogens is 340 g/mol. The first-order valence-corrected chi connectivity index (χ1v) is 9.30. The minimum Gasteiger partial charge on any atom is -0.352 e. The standard InChI is InChI=1S/C21H24N4O2/c26-20(24-10-8-16-5-2-1-3-6-16)18-11-19(15-23-14-18)21(27)25-13-17-7-4-9-22-12-17/h4-5,7,9,11-12,14-15H,1-3,6,8,10,13H2,(H,24,26)(H,25,27). The molecule has 0 radical (unpaired) electrons. The quantitative estimate of drug-likeness (QED) is 0.740. The highest BCUT2D eigenvalue weighted by molar-refractivity contribution is 5.99. The van der Waals surface area contributed by atoms with E-state index in [4.69, 9.17) is 0 Å². The van der Waals surface area contributed by atoms with E-state index in [1.807, 2.05) is 12.1 Å². The van der Waals surface area contributed by atoms with Crippen molar-refractivity contribution in [2.24, 2.45) is 0 Å². The molecule has 0 atom stereocenters. The van der Waals surface area contributed by atoms with Crippen molar-refractivity contribution in [3.63, 3.8) is 0 Å². The number of allylic oxidation sites excluding steroid dienone is 1. The van der Waals surface area contributed by atoms with Crippen LogP contribution in [0.3, 0.4) is 0 Å². The van der Waals surface area contributed by atoms with Gasteiger partial charge in [-0.3, -0.25) is 19.6 Å². The summed E-state index contributed by atoms with van der Waals surface area (Å²) in [4.78, 5) is 32.7. The Morgan fingerprint density at radius 3 is 2.52 bits per heavy atom. The van der Waals surface area contributed by atoms with Crippen molar-refractivity contribution >= 4 is 11.8 Å². The largest absolute Gasteiger partial charge is 0.352 e. The molecule has 2 N–H and O–H groups in total. The molecule has 0 aromatic carbocycles. The summed E-state index contributed by atoms with van der Waals surface area (Å²) in [6.45, 7) is 0.973. The fourth-order valence-electron chi connectivity index (χ4n) is 3.05. The van der Waals surface area contributed by atoms with Crippen LogP contribution in [0.5, 0.6) is 0 Å². The topological polar surface area (TPSA) is 84.0 Å². The summed E-state index contributed by atoms with van der Waals surface area (Å²) in [7, 11) is 0. The zero-order chi connectivity index (χ0) is 18.9. The van der Waals surface area contributed by atoms with E-state index in [9.17, 15) is 9.59 Å². The van der Waals surface area contributed by atoms with E-state index in [1.54, 1.807) is 18.5 Å². The van der Waals surface area contributed by atoms with Gasteiger partial charge < -0.3 is 10.6 Å². The van der Waals surface area contributed by atoms with E-state index in [1.165, 1.54) is 30.8 Å². The number of pyridine rings is 2. The second-order valence-corrected chi connectivity index (χ2v) is 6.62. The molecule has 0 saturated heterocycles. The molecule has 140 valence electrons. The monoisotopic (exact) mass is 364 g/mol. The van der Waals surface area contributed by atoms with Crippen LogP contribution in [0.2, 0.25) is 0 Å². The van der Waals surface area contributed by atoms with E-state index in [-0.39, 0.29) is 11.8 Å². The number of amides is 2. The third-order valence-electron chi connectivity index (χ3n) is 4.56. The number of nitrogens with one attached hydrogen (secondary N) is 2. The molecule has 6 nitrogen and oxygen atoms in total. The summed E-state index contributed by atoms with van der Waals surface area (Å²) >= 11 is 0. The summed E-state index contributed by atoms with van der Waals surface area (Å²) in [6, 6.07) is 5.27. The van der Waals surface area contributed by atoms with Gasteiger partial charge in [-0.1, -0.05) is 17.7 Å². The molecule has 6 heteroatoms. The number of nitrogens with zero attached hydrogens (tertiary/aromatic N) is 2. The zero-order valence-corrected chi connectivity index (χ0v) is 15.3. The first-order valence-electron chi connectivity index (χ1n) is 9.30. The Morgan fingerprint density at radius 1 is 1.00 bits per heavy atom. The lowest BCUT2D eigenvalue weighted by Gasteiger charge is -2.13. The van der Waals surface area contributed by atoms with Gasteiger partial charge in [-0.05, 0) is 49.8 Å².